The summed E-state index contributed by atoms with van der Waals surface area (Å²) in [5.41, 5.74) is 0.323. The van der Waals surface area contributed by atoms with Crippen LogP contribution in [-0.4, -0.2) is 28.8 Å². The number of ketones is 1. The number of hydrogen-bond donors (Lipinski definition) is 1. The van der Waals surface area contributed by atoms with Crippen molar-refractivity contribution in [1.29, 1.82) is 0 Å². The molecule has 0 radical (unpaired) electrons. The molecule has 0 bridgehead atoms. The van der Waals surface area contributed by atoms with Crippen LogP contribution in [0.15, 0.2) is 60.8 Å². The summed E-state index contributed by atoms with van der Waals surface area (Å²) in [7, 11) is 1.43. The van der Waals surface area contributed by atoms with Crippen LogP contribution in [0.3, 0.4) is 0 Å². The summed E-state index contributed by atoms with van der Waals surface area (Å²) in [6.45, 7) is 0. The molecule has 1 heterocycles. The number of anilines is 1. The highest BCUT2D eigenvalue weighted by Crippen LogP contribution is 2.29. The van der Waals surface area contributed by atoms with Crippen molar-refractivity contribution in [3.63, 3.8) is 0 Å². The van der Waals surface area contributed by atoms with Gasteiger partial charge in [0.05, 0.1) is 40.6 Å². The van der Waals surface area contributed by atoms with Crippen molar-refractivity contribution in [3.8, 4) is 5.88 Å². The van der Waals surface area contributed by atoms with Gasteiger partial charge in [-0.2, -0.15) is 0 Å². The number of fused-ring (bicyclic) bond motifs is 1. The van der Waals surface area contributed by atoms with E-state index < -0.39 is 28.9 Å². The SMILES string of the molecule is COc1cnc2ccc(C(=O)c3c(Cl)ccc(NC(=O)c4cccc(F)c4)c3F)cc2n1. The van der Waals surface area contributed by atoms with E-state index in [1.165, 1.54) is 55.8 Å². The number of amides is 1. The van der Waals surface area contributed by atoms with Crippen molar-refractivity contribution < 1.29 is 23.1 Å². The largest absolute Gasteiger partial charge is 0.480 e. The Hall–Kier alpha value is -3.91. The quantitative estimate of drug-likeness (QED) is 0.427. The normalized spacial score (nSPS) is 10.8. The molecule has 32 heavy (non-hydrogen) atoms. The maximum Gasteiger partial charge on any atom is 0.255 e. The fourth-order valence-corrected chi connectivity index (χ4v) is 3.29. The van der Waals surface area contributed by atoms with Gasteiger partial charge in [-0.1, -0.05) is 17.7 Å². The zero-order valence-electron chi connectivity index (χ0n) is 16.5. The van der Waals surface area contributed by atoms with Crippen LogP contribution < -0.4 is 10.1 Å². The number of aromatic nitrogens is 2. The molecule has 0 saturated heterocycles. The second-order valence-electron chi connectivity index (χ2n) is 6.69. The standard InChI is InChI=1S/C23H14ClF2N3O3/c1-32-19-11-27-16-7-5-12(10-18(16)28-19)22(30)20-15(24)6-8-17(21(20)26)29-23(31)13-3-2-4-14(25)9-13/h2-11H,1H3,(H,29,31). The summed E-state index contributed by atoms with van der Waals surface area (Å²) in [5.74, 6) is -2.81. The van der Waals surface area contributed by atoms with Crippen molar-refractivity contribution in [1.82, 2.24) is 9.97 Å². The van der Waals surface area contributed by atoms with Crippen LogP contribution in [0.2, 0.25) is 5.02 Å². The van der Waals surface area contributed by atoms with Gasteiger partial charge in [-0.15, -0.1) is 0 Å². The van der Waals surface area contributed by atoms with Crippen LogP contribution in [0.4, 0.5) is 14.5 Å². The Morgan fingerprint density at radius 1 is 1.00 bits per heavy atom. The fourth-order valence-electron chi connectivity index (χ4n) is 3.06. The molecule has 1 aromatic heterocycles. The number of nitrogens with zero attached hydrogens (tertiary/aromatic N) is 2. The van der Waals surface area contributed by atoms with Crippen LogP contribution >= 0.6 is 11.6 Å². The molecule has 1 N–H and O–H groups in total. The maximum absolute atomic E-state index is 15.2. The highest BCUT2D eigenvalue weighted by atomic mass is 35.5. The Morgan fingerprint density at radius 3 is 2.56 bits per heavy atom. The van der Waals surface area contributed by atoms with Crippen LogP contribution in [0.5, 0.6) is 5.88 Å². The minimum atomic E-state index is -1.01. The molecule has 1 amide bonds. The number of rotatable bonds is 5. The lowest BCUT2D eigenvalue weighted by molar-refractivity contribution is 0.101. The molecule has 0 fully saturated rings. The average Bonchev–Trinajstić information content (AvgIpc) is 2.80. The first-order chi connectivity index (χ1) is 15.4. The zero-order valence-corrected chi connectivity index (χ0v) is 17.3. The highest BCUT2D eigenvalue weighted by Gasteiger charge is 2.22. The predicted octanol–water partition coefficient (Wildman–Crippen LogP) is 5.05. The van der Waals surface area contributed by atoms with Crippen LogP contribution in [0, 0.1) is 11.6 Å². The summed E-state index contributed by atoms with van der Waals surface area (Å²) in [4.78, 5) is 33.8. The number of ether oxygens (including phenoxy) is 1. The van der Waals surface area contributed by atoms with Crippen LogP contribution in [-0.2, 0) is 0 Å². The Morgan fingerprint density at radius 2 is 1.81 bits per heavy atom. The molecule has 0 aliphatic rings. The Kier molecular flexibility index (Phi) is 5.79. The number of methoxy groups -OCH3 is 1. The molecule has 0 aliphatic carbocycles. The molecule has 9 heteroatoms. The molecule has 4 aromatic rings. The van der Waals surface area contributed by atoms with Crippen molar-refractivity contribution in [2.75, 3.05) is 12.4 Å². The van der Waals surface area contributed by atoms with Crippen molar-refractivity contribution in [2.45, 2.75) is 0 Å². The Balaban J connectivity index is 1.70. The number of hydrogen-bond acceptors (Lipinski definition) is 5. The second kappa shape index (κ2) is 8.68. The fraction of sp³-hybridized carbons (Fsp3) is 0.0435. The molecule has 0 atom stereocenters. The highest BCUT2D eigenvalue weighted by molar-refractivity contribution is 6.35. The minimum Gasteiger partial charge on any atom is -0.480 e. The molecule has 6 nitrogen and oxygen atoms in total. The van der Waals surface area contributed by atoms with Gasteiger partial charge in [0, 0.05) is 11.1 Å². The summed E-state index contributed by atoms with van der Waals surface area (Å²) in [6, 6.07) is 11.9. The van der Waals surface area contributed by atoms with E-state index in [-0.39, 0.29) is 27.7 Å². The van der Waals surface area contributed by atoms with E-state index in [1.807, 2.05) is 0 Å². The second-order valence-corrected chi connectivity index (χ2v) is 7.10. The van der Waals surface area contributed by atoms with Gasteiger partial charge in [-0.25, -0.2) is 18.7 Å². The van der Waals surface area contributed by atoms with E-state index in [9.17, 15) is 14.0 Å². The van der Waals surface area contributed by atoms with E-state index in [4.69, 9.17) is 16.3 Å². The van der Waals surface area contributed by atoms with Crippen LogP contribution in [0.25, 0.3) is 11.0 Å². The molecular formula is C23H14ClF2N3O3. The molecule has 0 saturated carbocycles. The average molecular weight is 454 g/mol. The smallest absolute Gasteiger partial charge is 0.255 e. The Labute approximate surface area is 185 Å². The summed E-state index contributed by atoms with van der Waals surface area (Å²) >= 11 is 6.12. The minimum absolute atomic E-state index is 0.00530. The number of benzene rings is 3. The number of nitrogens with one attached hydrogen (secondary N) is 1. The van der Waals surface area contributed by atoms with Gasteiger partial charge in [0.25, 0.3) is 5.91 Å². The lowest BCUT2D eigenvalue weighted by Gasteiger charge is -2.12. The summed E-state index contributed by atoms with van der Waals surface area (Å²) < 4.78 is 33.6. The van der Waals surface area contributed by atoms with Gasteiger partial charge in [0.1, 0.15) is 5.82 Å². The van der Waals surface area contributed by atoms with Gasteiger partial charge in [-0.05, 0) is 48.5 Å². The van der Waals surface area contributed by atoms with Gasteiger partial charge in [0.2, 0.25) is 5.88 Å². The molecular weight excluding hydrogens is 440 g/mol. The first-order valence-electron chi connectivity index (χ1n) is 9.28. The van der Waals surface area contributed by atoms with E-state index in [0.717, 1.165) is 6.07 Å². The third-order valence-electron chi connectivity index (χ3n) is 4.64. The number of halogens is 3. The van der Waals surface area contributed by atoms with Crippen molar-refractivity contribution >= 4 is 40.0 Å². The summed E-state index contributed by atoms with van der Waals surface area (Å²) in [6.07, 6.45) is 1.44. The monoisotopic (exact) mass is 453 g/mol. The van der Waals surface area contributed by atoms with E-state index in [0.29, 0.717) is 11.0 Å². The first-order valence-corrected chi connectivity index (χ1v) is 9.65. The van der Waals surface area contributed by atoms with Crippen LogP contribution in [0.1, 0.15) is 26.3 Å². The molecule has 3 aromatic carbocycles. The molecule has 0 unspecified atom stereocenters. The van der Waals surface area contributed by atoms with Gasteiger partial charge >= 0.3 is 0 Å². The molecule has 0 spiro atoms. The zero-order chi connectivity index (χ0) is 22.8. The van der Waals surface area contributed by atoms with E-state index in [2.05, 4.69) is 15.3 Å². The maximum atomic E-state index is 15.2. The van der Waals surface area contributed by atoms with Crippen molar-refractivity contribution in [3.05, 3.63) is 94.1 Å². The van der Waals surface area contributed by atoms with Crippen molar-refractivity contribution in [2.24, 2.45) is 0 Å². The molecule has 0 aliphatic heterocycles. The number of carbonyl (C=O) groups is 2. The van der Waals surface area contributed by atoms with Gasteiger partial charge < -0.3 is 10.1 Å². The third kappa shape index (κ3) is 4.13. The molecule has 4 rings (SSSR count). The first kappa shape index (κ1) is 21.3. The Bertz CT molecular complexity index is 1380. The third-order valence-corrected chi connectivity index (χ3v) is 4.96. The molecule has 160 valence electrons. The van der Waals surface area contributed by atoms with Gasteiger partial charge in [-0.3, -0.25) is 9.59 Å². The predicted molar refractivity (Wildman–Crippen MR) is 115 cm³/mol. The number of carbonyl (C=O) groups excluding carboxylic acids is 2. The van der Waals surface area contributed by atoms with E-state index in [1.54, 1.807) is 6.07 Å². The lowest BCUT2D eigenvalue weighted by atomic mass is 10.0. The van der Waals surface area contributed by atoms with E-state index >= 15 is 4.39 Å². The summed E-state index contributed by atoms with van der Waals surface area (Å²) in [5, 5.41) is 2.21. The topological polar surface area (TPSA) is 81.2 Å². The van der Waals surface area contributed by atoms with Gasteiger partial charge in [0.15, 0.2) is 11.6 Å². The lowest BCUT2D eigenvalue weighted by Crippen LogP contribution is -2.15.